The number of rotatable bonds is 5. The average Bonchev–Trinajstić information content (AvgIpc) is 2.58. The quantitative estimate of drug-likeness (QED) is 0.912. The second-order valence-corrected chi connectivity index (χ2v) is 5.55. The molecule has 1 aromatic carbocycles. The van der Waals surface area contributed by atoms with Crippen LogP contribution in [0.25, 0.3) is 0 Å². The summed E-state index contributed by atoms with van der Waals surface area (Å²) in [7, 11) is 0. The second kappa shape index (κ2) is 8.87. The molecule has 0 radical (unpaired) electrons. The van der Waals surface area contributed by atoms with Gasteiger partial charge in [0.2, 0.25) is 0 Å². The van der Waals surface area contributed by atoms with Gasteiger partial charge in [-0.25, -0.2) is 0 Å². The first-order valence-corrected chi connectivity index (χ1v) is 7.93. The maximum Gasteiger partial charge on any atom is 0.119 e. The number of piperazine rings is 1. The van der Waals surface area contributed by atoms with Crippen molar-refractivity contribution in [3.63, 3.8) is 0 Å². The summed E-state index contributed by atoms with van der Waals surface area (Å²) in [5, 5.41) is 3.49. The summed E-state index contributed by atoms with van der Waals surface area (Å²) >= 11 is 0. The van der Waals surface area contributed by atoms with Crippen LogP contribution in [0.5, 0.6) is 5.75 Å². The van der Waals surface area contributed by atoms with Crippen molar-refractivity contribution >= 4 is 12.4 Å². The molecule has 1 saturated heterocycles. The van der Waals surface area contributed by atoms with Gasteiger partial charge in [-0.05, 0) is 36.2 Å². The summed E-state index contributed by atoms with van der Waals surface area (Å²) in [6, 6.07) is 13.0. The van der Waals surface area contributed by atoms with Crippen molar-refractivity contribution in [2.45, 2.75) is 19.5 Å². The highest BCUT2D eigenvalue weighted by Gasteiger charge is 2.23. The Morgan fingerprint density at radius 2 is 2.09 bits per heavy atom. The summed E-state index contributed by atoms with van der Waals surface area (Å²) in [6.07, 6.45) is 3.80. The van der Waals surface area contributed by atoms with E-state index in [0.29, 0.717) is 12.6 Å². The molecule has 0 amide bonds. The molecule has 1 atom stereocenters. The van der Waals surface area contributed by atoms with Crippen LogP contribution in [-0.2, 0) is 6.54 Å². The maximum absolute atomic E-state index is 5.51. The van der Waals surface area contributed by atoms with Gasteiger partial charge in [0.05, 0.1) is 6.61 Å². The molecule has 0 saturated carbocycles. The van der Waals surface area contributed by atoms with Gasteiger partial charge in [0, 0.05) is 44.6 Å². The molecule has 4 nitrogen and oxygen atoms in total. The number of nitrogens with one attached hydrogen (secondary N) is 1. The standard InChI is InChI=1S/C18H23N3O.ClH/c1-2-22-17-7-5-15(6-8-17)14-21-11-10-20-13-18(21)16-4-3-9-19-12-16;/h3-9,12,18,20H,2,10-11,13-14H2,1H3;1H. The summed E-state index contributed by atoms with van der Waals surface area (Å²) in [5.41, 5.74) is 2.60. The van der Waals surface area contributed by atoms with Crippen LogP contribution < -0.4 is 10.1 Å². The van der Waals surface area contributed by atoms with Gasteiger partial charge in [-0.1, -0.05) is 18.2 Å². The predicted molar refractivity (Wildman–Crippen MR) is 95.1 cm³/mol. The molecule has 1 N–H and O–H groups in total. The Morgan fingerprint density at radius 1 is 1.26 bits per heavy atom. The SMILES string of the molecule is CCOc1ccc(CN2CCNCC2c2cccnc2)cc1.Cl. The minimum atomic E-state index is 0. The molecule has 1 fully saturated rings. The highest BCUT2D eigenvalue weighted by molar-refractivity contribution is 5.85. The Bertz CT molecular complexity index is 577. The highest BCUT2D eigenvalue weighted by atomic mass is 35.5. The number of hydrogen-bond donors (Lipinski definition) is 1. The Balaban J connectivity index is 0.00000192. The van der Waals surface area contributed by atoms with E-state index in [1.165, 1.54) is 11.1 Å². The molecule has 1 aliphatic rings. The molecule has 0 bridgehead atoms. The van der Waals surface area contributed by atoms with Gasteiger partial charge >= 0.3 is 0 Å². The molecule has 3 rings (SSSR count). The van der Waals surface area contributed by atoms with Crippen LogP contribution in [0.4, 0.5) is 0 Å². The zero-order chi connectivity index (χ0) is 15.2. The Morgan fingerprint density at radius 3 is 2.78 bits per heavy atom. The molecule has 1 aliphatic heterocycles. The van der Waals surface area contributed by atoms with Crippen molar-refractivity contribution < 1.29 is 4.74 Å². The van der Waals surface area contributed by atoms with E-state index in [1.54, 1.807) is 0 Å². The Labute approximate surface area is 144 Å². The molecule has 1 unspecified atom stereocenters. The number of benzene rings is 1. The van der Waals surface area contributed by atoms with E-state index in [9.17, 15) is 0 Å². The van der Waals surface area contributed by atoms with Gasteiger partial charge in [0.1, 0.15) is 5.75 Å². The third kappa shape index (κ3) is 4.67. The largest absolute Gasteiger partial charge is 0.494 e. The fourth-order valence-corrected chi connectivity index (χ4v) is 2.93. The lowest BCUT2D eigenvalue weighted by molar-refractivity contribution is 0.153. The third-order valence-electron chi connectivity index (χ3n) is 4.04. The smallest absolute Gasteiger partial charge is 0.119 e. The van der Waals surface area contributed by atoms with Crippen LogP contribution in [0.1, 0.15) is 24.1 Å². The van der Waals surface area contributed by atoms with Crippen molar-refractivity contribution in [2.24, 2.45) is 0 Å². The first-order chi connectivity index (χ1) is 10.9. The summed E-state index contributed by atoms with van der Waals surface area (Å²) in [5.74, 6) is 0.940. The van der Waals surface area contributed by atoms with E-state index in [4.69, 9.17) is 4.74 Å². The second-order valence-electron chi connectivity index (χ2n) is 5.55. The monoisotopic (exact) mass is 333 g/mol. The summed E-state index contributed by atoms with van der Waals surface area (Å²) in [4.78, 5) is 6.78. The Kier molecular flexibility index (Phi) is 6.84. The van der Waals surface area contributed by atoms with Crippen LogP contribution in [0, 0.1) is 0 Å². The highest BCUT2D eigenvalue weighted by Crippen LogP contribution is 2.24. The maximum atomic E-state index is 5.51. The molecule has 2 heterocycles. The number of halogens is 1. The van der Waals surface area contributed by atoms with Gasteiger partial charge < -0.3 is 10.1 Å². The van der Waals surface area contributed by atoms with Crippen molar-refractivity contribution in [3.8, 4) is 5.75 Å². The summed E-state index contributed by atoms with van der Waals surface area (Å²) in [6.45, 7) is 6.73. The van der Waals surface area contributed by atoms with Gasteiger partial charge in [-0.3, -0.25) is 9.88 Å². The number of ether oxygens (including phenoxy) is 1. The Hall–Kier alpha value is -1.62. The molecule has 124 valence electrons. The zero-order valence-electron chi connectivity index (χ0n) is 13.4. The molecule has 5 heteroatoms. The van der Waals surface area contributed by atoms with E-state index in [1.807, 2.05) is 25.4 Å². The molecule has 0 aliphatic carbocycles. The summed E-state index contributed by atoms with van der Waals surface area (Å²) < 4.78 is 5.51. The minimum Gasteiger partial charge on any atom is -0.494 e. The number of hydrogen-bond acceptors (Lipinski definition) is 4. The van der Waals surface area contributed by atoms with Gasteiger partial charge in [0.25, 0.3) is 0 Å². The van der Waals surface area contributed by atoms with E-state index < -0.39 is 0 Å². The first kappa shape index (κ1) is 17.7. The van der Waals surface area contributed by atoms with Crippen molar-refractivity contribution in [1.82, 2.24) is 15.2 Å². The molecule has 2 aromatic rings. The van der Waals surface area contributed by atoms with Crippen LogP contribution in [0.3, 0.4) is 0 Å². The van der Waals surface area contributed by atoms with Crippen molar-refractivity contribution in [3.05, 3.63) is 59.9 Å². The van der Waals surface area contributed by atoms with E-state index >= 15 is 0 Å². The van der Waals surface area contributed by atoms with Crippen molar-refractivity contribution in [1.29, 1.82) is 0 Å². The van der Waals surface area contributed by atoms with Gasteiger partial charge in [-0.2, -0.15) is 0 Å². The average molecular weight is 334 g/mol. The van der Waals surface area contributed by atoms with Crippen molar-refractivity contribution in [2.75, 3.05) is 26.2 Å². The van der Waals surface area contributed by atoms with Crippen LogP contribution in [-0.4, -0.2) is 36.1 Å². The van der Waals surface area contributed by atoms with E-state index in [-0.39, 0.29) is 12.4 Å². The number of pyridine rings is 1. The lowest BCUT2D eigenvalue weighted by Gasteiger charge is -2.36. The molecular weight excluding hydrogens is 310 g/mol. The molecule has 23 heavy (non-hydrogen) atoms. The third-order valence-corrected chi connectivity index (χ3v) is 4.04. The van der Waals surface area contributed by atoms with E-state index in [2.05, 4.69) is 45.5 Å². The number of aromatic nitrogens is 1. The normalized spacial score (nSPS) is 18.2. The molecule has 1 aromatic heterocycles. The lowest BCUT2D eigenvalue weighted by atomic mass is 10.0. The number of nitrogens with zero attached hydrogens (tertiary/aromatic N) is 2. The van der Waals surface area contributed by atoms with Crippen LogP contribution in [0.2, 0.25) is 0 Å². The predicted octanol–water partition coefficient (Wildman–Crippen LogP) is 3.05. The van der Waals surface area contributed by atoms with E-state index in [0.717, 1.165) is 31.9 Å². The fraction of sp³-hybridized carbons (Fsp3) is 0.389. The minimum absolute atomic E-state index is 0. The molecule has 0 spiro atoms. The van der Waals surface area contributed by atoms with Crippen LogP contribution >= 0.6 is 12.4 Å². The first-order valence-electron chi connectivity index (χ1n) is 7.93. The topological polar surface area (TPSA) is 37.4 Å². The van der Waals surface area contributed by atoms with Gasteiger partial charge in [0.15, 0.2) is 0 Å². The fourth-order valence-electron chi connectivity index (χ4n) is 2.93. The molecular formula is C18H24ClN3O. The zero-order valence-corrected chi connectivity index (χ0v) is 14.3. The van der Waals surface area contributed by atoms with Crippen LogP contribution in [0.15, 0.2) is 48.8 Å². The van der Waals surface area contributed by atoms with Gasteiger partial charge in [-0.15, -0.1) is 12.4 Å². The lowest BCUT2D eigenvalue weighted by Crippen LogP contribution is -2.45.